The standard InChI is InChI=1S/C16H14O2.C6H14O3/c17-13-8-12(9-14(18)10-13)16-7-3-5-11-4-1-2-6-15(11)16;1-2-6(3-7,4-8)5-9/h1-7,12H,8-10H2;7-9H,2-5H2,1H3. The molecule has 0 bridgehead atoms. The molecule has 146 valence electrons. The van der Waals surface area contributed by atoms with E-state index in [1.54, 1.807) is 0 Å². The van der Waals surface area contributed by atoms with E-state index < -0.39 is 5.41 Å². The third kappa shape index (κ3) is 5.22. The maximum absolute atomic E-state index is 11.6. The first-order valence-corrected chi connectivity index (χ1v) is 9.32. The van der Waals surface area contributed by atoms with Crippen molar-refractivity contribution in [3.63, 3.8) is 0 Å². The number of ketones is 2. The quantitative estimate of drug-likeness (QED) is 0.701. The molecule has 1 fully saturated rings. The Hall–Kier alpha value is -2.08. The van der Waals surface area contributed by atoms with Crippen LogP contribution in [0.1, 0.15) is 44.1 Å². The number of carbonyl (C=O) groups excluding carboxylic acids is 2. The highest BCUT2D eigenvalue weighted by Crippen LogP contribution is 2.33. The number of carbonyl (C=O) groups is 2. The van der Waals surface area contributed by atoms with E-state index in [0.29, 0.717) is 19.3 Å². The van der Waals surface area contributed by atoms with Gasteiger partial charge in [-0.25, -0.2) is 0 Å². The topological polar surface area (TPSA) is 94.8 Å². The molecule has 0 atom stereocenters. The Labute approximate surface area is 159 Å². The van der Waals surface area contributed by atoms with Gasteiger partial charge in [0.2, 0.25) is 0 Å². The average Bonchev–Trinajstić information content (AvgIpc) is 2.69. The molecule has 2 aromatic rings. The van der Waals surface area contributed by atoms with Gasteiger partial charge < -0.3 is 15.3 Å². The highest BCUT2D eigenvalue weighted by molar-refractivity contribution is 6.02. The van der Waals surface area contributed by atoms with Gasteiger partial charge in [0.05, 0.1) is 26.2 Å². The van der Waals surface area contributed by atoms with E-state index >= 15 is 0 Å². The Morgan fingerprint density at radius 3 is 1.96 bits per heavy atom. The second kappa shape index (κ2) is 9.74. The van der Waals surface area contributed by atoms with Crippen LogP contribution in [0.25, 0.3) is 10.8 Å². The fraction of sp³-hybridized carbons (Fsp3) is 0.455. The molecule has 2 aromatic carbocycles. The van der Waals surface area contributed by atoms with E-state index in [0.717, 1.165) is 10.9 Å². The first-order chi connectivity index (χ1) is 13.0. The monoisotopic (exact) mass is 372 g/mol. The lowest BCUT2D eigenvalue weighted by Crippen LogP contribution is -2.32. The largest absolute Gasteiger partial charge is 0.396 e. The van der Waals surface area contributed by atoms with E-state index in [9.17, 15) is 9.59 Å². The summed E-state index contributed by atoms with van der Waals surface area (Å²) in [6, 6.07) is 14.2. The van der Waals surface area contributed by atoms with Gasteiger partial charge in [-0.15, -0.1) is 0 Å². The Balaban J connectivity index is 0.000000249. The van der Waals surface area contributed by atoms with Crippen LogP contribution in [-0.2, 0) is 9.59 Å². The van der Waals surface area contributed by atoms with E-state index in [1.165, 1.54) is 5.39 Å². The summed E-state index contributed by atoms with van der Waals surface area (Å²) in [4.78, 5) is 23.1. The molecule has 5 nitrogen and oxygen atoms in total. The zero-order valence-corrected chi connectivity index (χ0v) is 15.7. The molecule has 0 aromatic heterocycles. The molecule has 0 amide bonds. The molecule has 27 heavy (non-hydrogen) atoms. The van der Waals surface area contributed by atoms with E-state index in [2.05, 4.69) is 18.2 Å². The van der Waals surface area contributed by atoms with Crippen LogP contribution in [0.3, 0.4) is 0 Å². The smallest absolute Gasteiger partial charge is 0.140 e. The fourth-order valence-electron chi connectivity index (χ4n) is 3.30. The maximum Gasteiger partial charge on any atom is 0.140 e. The summed E-state index contributed by atoms with van der Waals surface area (Å²) in [6.45, 7) is 1.35. The summed E-state index contributed by atoms with van der Waals surface area (Å²) in [5.41, 5.74) is 0.467. The van der Waals surface area contributed by atoms with Crippen LogP contribution in [0.5, 0.6) is 0 Å². The molecule has 5 heteroatoms. The Morgan fingerprint density at radius 2 is 1.44 bits per heavy atom. The molecule has 1 saturated carbocycles. The van der Waals surface area contributed by atoms with Gasteiger partial charge in [-0.05, 0) is 28.7 Å². The predicted molar refractivity (Wildman–Crippen MR) is 105 cm³/mol. The number of hydrogen-bond acceptors (Lipinski definition) is 5. The molecule has 1 aliphatic rings. The Kier molecular flexibility index (Phi) is 7.66. The fourth-order valence-corrected chi connectivity index (χ4v) is 3.30. The molecule has 0 radical (unpaired) electrons. The van der Waals surface area contributed by atoms with Crippen LogP contribution in [-0.4, -0.2) is 46.7 Å². The first-order valence-electron chi connectivity index (χ1n) is 9.32. The molecule has 0 spiro atoms. The normalized spacial score (nSPS) is 15.6. The van der Waals surface area contributed by atoms with E-state index in [1.807, 2.05) is 31.2 Å². The van der Waals surface area contributed by atoms with Crippen molar-refractivity contribution in [2.24, 2.45) is 5.41 Å². The lowest BCUT2D eigenvalue weighted by atomic mass is 9.81. The van der Waals surface area contributed by atoms with Crippen LogP contribution in [0.4, 0.5) is 0 Å². The highest BCUT2D eigenvalue weighted by atomic mass is 16.3. The van der Waals surface area contributed by atoms with Crippen molar-refractivity contribution >= 4 is 22.3 Å². The number of Topliss-reactive ketones (excluding diaryl/α,β-unsaturated/α-hetero) is 2. The number of hydrogen-bond donors (Lipinski definition) is 3. The Morgan fingerprint density at radius 1 is 0.889 bits per heavy atom. The van der Waals surface area contributed by atoms with Gasteiger partial charge in [0, 0.05) is 18.3 Å². The lowest BCUT2D eigenvalue weighted by molar-refractivity contribution is -0.130. The van der Waals surface area contributed by atoms with Gasteiger partial charge in [0.25, 0.3) is 0 Å². The first kappa shape index (κ1) is 21.2. The molecule has 0 aliphatic heterocycles. The summed E-state index contributed by atoms with van der Waals surface area (Å²) in [5, 5.41) is 28.3. The van der Waals surface area contributed by atoms with Crippen molar-refractivity contribution in [1.29, 1.82) is 0 Å². The van der Waals surface area contributed by atoms with Crippen molar-refractivity contribution in [1.82, 2.24) is 0 Å². The van der Waals surface area contributed by atoms with E-state index in [4.69, 9.17) is 15.3 Å². The summed E-state index contributed by atoms with van der Waals surface area (Å²) in [6.07, 6.45) is 1.72. The zero-order valence-electron chi connectivity index (χ0n) is 15.7. The Bertz CT molecular complexity index is 740. The summed E-state index contributed by atoms with van der Waals surface area (Å²) < 4.78 is 0. The minimum absolute atomic E-state index is 0.0600. The zero-order chi connectivity index (χ0) is 19.9. The van der Waals surface area contributed by atoms with Crippen molar-refractivity contribution < 1.29 is 24.9 Å². The number of fused-ring (bicyclic) bond motifs is 1. The van der Waals surface area contributed by atoms with Crippen LogP contribution >= 0.6 is 0 Å². The highest BCUT2D eigenvalue weighted by Gasteiger charge is 2.27. The van der Waals surface area contributed by atoms with Gasteiger partial charge >= 0.3 is 0 Å². The SMILES string of the molecule is CCC(CO)(CO)CO.O=C1CC(=O)CC(c2cccc3ccccc23)C1. The average molecular weight is 372 g/mol. The third-order valence-corrected chi connectivity index (χ3v) is 5.36. The van der Waals surface area contributed by atoms with Crippen molar-refractivity contribution in [2.75, 3.05) is 19.8 Å². The molecular formula is C22H28O5. The van der Waals surface area contributed by atoms with Gasteiger partial charge in [-0.2, -0.15) is 0 Å². The predicted octanol–water partition coefficient (Wildman–Crippen LogP) is 2.61. The van der Waals surface area contributed by atoms with Crippen LogP contribution in [0, 0.1) is 5.41 Å². The van der Waals surface area contributed by atoms with Gasteiger partial charge in [0.1, 0.15) is 11.6 Å². The van der Waals surface area contributed by atoms with Gasteiger partial charge in [-0.3, -0.25) is 9.59 Å². The number of benzene rings is 2. The minimum Gasteiger partial charge on any atom is -0.396 e. The molecule has 3 rings (SSSR count). The molecule has 0 unspecified atom stereocenters. The second-order valence-electron chi connectivity index (χ2n) is 7.26. The molecule has 3 N–H and O–H groups in total. The molecule has 1 aliphatic carbocycles. The van der Waals surface area contributed by atoms with Gasteiger partial charge in [0.15, 0.2) is 0 Å². The van der Waals surface area contributed by atoms with Crippen LogP contribution < -0.4 is 0 Å². The maximum atomic E-state index is 11.6. The molecule has 0 saturated heterocycles. The number of rotatable bonds is 5. The number of aliphatic hydroxyl groups excluding tert-OH is 3. The van der Waals surface area contributed by atoms with Crippen molar-refractivity contribution in [3.05, 3.63) is 48.0 Å². The van der Waals surface area contributed by atoms with Crippen molar-refractivity contribution in [2.45, 2.75) is 38.5 Å². The van der Waals surface area contributed by atoms with Crippen LogP contribution in [0.15, 0.2) is 42.5 Å². The van der Waals surface area contributed by atoms with Crippen molar-refractivity contribution in [3.8, 4) is 0 Å². The van der Waals surface area contributed by atoms with E-state index in [-0.39, 0.29) is 43.7 Å². The summed E-state index contributed by atoms with van der Waals surface area (Å²) >= 11 is 0. The summed E-state index contributed by atoms with van der Waals surface area (Å²) in [7, 11) is 0. The third-order valence-electron chi connectivity index (χ3n) is 5.36. The molecule has 0 heterocycles. The number of aliphatic hydroxyl groups is 3. The second-order valence-corrected chi connectivity index (χ2v) is 7.26. The van der Waals surface area contributed by atoms with Gasteiger partial charge in [-0.1, -0.05) is 49.4 Å². The lowest BCUT2D eigenvalue weighted by Gasteiger charge is -2.24. The minimum atomic E-state index is -0.667. The summed E-state index contributed by atoms with van der Waals surface area (Å²) in [5.74, 6) is 0.207. The molecular weight excluding hydrogens is 344 g/mol. The van der Waals surface area contributed by atoms with Crippen LogP contribution in [0.2, 0.25) is 0 Å².